The minimum Gasteiger partial charge on any atom is -0.456 e. The van der Waals surface area contributed by atoms with Gasteiger partial charge in [0.05, 0.1) is 0 Å². The van der Waals surface area contributed by atoms with Crippen molar-refractivity contribution in [2.24, 2.45) is 0 Å². The summed E-state index contributed by atoms with van der Waals surface area (Å²) >= 11 is 0. The van der Waals surface area contributed by atoms with E-state index >= 15 is 0 Å². The van der Waals surface area contributed by atoms with Crippen LogP contribution in [0.4, 0.5) is 0 Å². The molecule has 0 unspecified atom stereocenters. The average Bonchev–Trinajstić information content (AvgIpc) is 3.69. The summed E-state index contributed by atoms with van der Waals surface area (Å²) in [4.78, 5) is 15.3. The Bertz CT molecular complexity index is 2660. The van der Waals surface area contributed by atoms with Crippen molar-refractivity contribution in [1.29, 1.82) is 0 Å². The van der Waals surface area contributed by atoms with Crippen molar-refractivity contribution in [3.63, 3.8) is 0 Å². The third-order valence-corrected chi connectivity index (χ3v) is 9.29. The molecule has 0 saturated heterocycles. The second-order valence-electron chi connectivity index (χ2n) is 12.0. The highest BCUT2D eigenvalue weighted by atomic mass is 16.3. The maximum Gasteiger partial charge on any atom is 0.164 e. The summed E-state index contributed by atoms with van der Waals surface area (Å²) in [5, 5.41) is 4.60. The van der Waals surface area contributed by atoms with Gasteiger partial charge >= 0.3 is 0 Å². The number of rotatable bonds is 4. The number of para-hydroxylation sites is 1. The first-order chi connectivity index (χ1) is 23.3. The Kier molecular flexibility index (Phi) is 5.54. The summed E-state index contributed by atoms with van der Waals surface area (Å²) in [5.41, 5.74) is 11.8. The fraction of sp³-hybridized carbons (Fsp3) is 0. The number of fused-ring (bicyclic) bond motifs is 6. The van der Waals surface area contributed by atoms with Crippen LogP contribution in [-0.4, -0.2) is 15.0 Å². The molecule has 0 saturated carbocycles. The first-order valence-corrected chi connectivity index (χ1v) is 15.8. The molecule has 2 aromatic heterocycles. The van der Waals surface area contributed by atoms with Gasteiger partial charge in [0.15, 0.2) is 17.5 Å². The Morgan fingerprint density at radius 1 is 0.319 bits per heavy atom. The minimum absolute atomic E-state index is 0.631. The van der Waals surface area contributed by atoms with Crippen LogP contribution in [0.5, 0.6) is 0 Å². The molecule has 0 amide bonds. The third kappa shape index (κ3) is 3.98. The molecule has 4 nitrogen and oxygen atoms in total. The second kappa shape index (κ2) is 10.1. The van der Waals surface area contributed by atoms with E-state index in [-0.39, 0.29) is 0 Å². The number of hydrogen-bond donors (Lipinski definition) is 0. The van der Waals surface area contributed by atoms with E-state index in [0.29, 0.717) is 17.5 Å². The number of nitrogens with zero attached hydrogens (tertiary/aromatic N) is 3. The molecule has 218 valence electrons. The fourth-order valence-corrected chi connectivity index (χ4v) is 7.19. The molecule has 1 aliphatic rings. The molecule has 4 heteroatoms. The first-order valence-electron chi connectivity index (χ1n) is 15.8. The van der Waals surface area contributed by atoms with Crippen LogP contribution in [0.15, 0.2) is 156 Å². The Morgan fingerprint density at radius 2 is 0.872 bits per heavy atom. The maximum absolute atomic E-state index is 6.20. The molecular weight excluding hydrogens is 574 g/mol. The molecule has 9 aromatic rings. The zero-order valence-corrected chi connectivity index (χ0v) is 25.2. The van der Waals surface area contributed by atoms with E-state index in [1.807, 2.05) is 48.5 Å². The highest BCUT2D eigenvalue weighted by Crippen LogP contribution is 2.49. The predicted octanol–water partition coefficient (Wildman–Crippen LogP) is 11.2. The Morgan fingerprint density at radius 3 is 1.74 bits per heavy atom. The zero-order valence-electron chi connectivity index (χ0n) is 25.2. The van der Waals surface area contributed by atoms with E-state index in [0.717, 1.165) is 55.1 Å². The summed E-state index contributed by atoms with van der Waals surface area (Å²) < 4.78 is 6.20. The highest BCUT2D eigenvalue weighted by Gasteiger charge is 2.24. The van der Waals surface area contributed by atoms with E-state index in [1.165, 1.54) is 27.6 Å². The lowest BCUT2D eigenvalue weighted by atomic mass is 9.97. The molecule has 0 N–H and O–H groups in total. The summed E-state index contributed by atoms with van der Waals surface area (Å²) in [6, 6.07) is 52.6. The van der Waals surface area contributed by atoms with Gasteiger partial charge in [0.1, 0.15) is 11.2 Å². The minimum atomic E-state index is 0.631. The van der Waals surface area contributed by atoms with Crippen molar-refractivity contribution in [1.82, 2.24) is 15.0 Å². The Balaban J connectivity index is 1.18. The lowest BCUT2D eigenvalue weighted by Crippen LogP contribution is -2.00. The Hall–Kier alpha value is -6.39. The molecule has 1 aliphatic carbocycles. The van der Waals surface area contributed by atoms with Crippen molar-refractivity contribution >= 4 is 32.7 Å². The van der Waals surface area contributed by atoms with Crippen LogP contribution in [0.1, 0.15) is 0 Å². The quantitative estimate of drug-likeness (QED) is 0.202. The van der Waals surface area contributed by atoms with Gasteiger partial charge < -0.3 is 4.42 Å². The van der Waals surface area contributed by atoms with E-state index in [4.69, 9.17) is 19.4 Å². The monoisotopic (exact) mass is 599 g/mol. The van der Waals surface area contributed by atoms with E-state index in [9.17, 15) is 0 Å². The molecule has 0 bridgehead atoms. The Labute approximate surface area is 270 Å². The molecule has 47 heavy (non-hydrogen) atoms. The van der Waals surface area contributed by atoms with Gasteiger partial charge in [-0.1, -0.05) is 127 Å². The van der Waals surface area contributed by atoms with Crippen molar-refractivity contribution in [2.45, 2.75) is 0 Å². The van der Waals surface area contributed by atoms with Gasteiger partial charge in [-0.15, -0.1) is 0 Å². The van der Waals surface area contributed by atoms with Crippen molar-refractivity contribution in [3.05, 3.63) is 152 Å². The van der Waals surface area contributed by atoms with Gasteiger partial charge in [-0.2, -0.15) is 0 Å². The molecule has 0 radical (unpaired) electrons. The maximum atomic E-state index is 6.20. The standard InChI is InChI=1S/C43H25N3O/c1-2-11-26(12-3-1)41-44-42(28-14-8-13-27(25-28)29-18-10-22-38-40(29)36-17-6-7-21-37(36)47-38)46-43(45-41)35-24-23-34-31-16-5-4-15-30(31)32-19-9-20-33(35)39(32)34/h1-25H. The molecule has 0 atom stereocenters. The zero-order chi connectivity index (χ0) is 30.9. The molecular formula is C43H25N3O. The van der Waals surface area contributed by atoms with Gasteiger partial charge in [0.2, 0.25) is 0 Å². The van der Waals surface area contributed by atoms with Gasteiger partial charge in [0.25, 0.3) is 0 Å². The van der Waals surface area contributed by atoms with Crippen molar-refractivity contribution in [2.75, 3.05) is 0 Å². The fourth-order valence-electron chi connectivity index (χ4n) is 7.19. The van der Waals surface area contributed by atoms with Crippen LogP contribution in [0.2, 0.25) is 0 Å². The largest absolute Gasteiger partial charge is 0.456 e. The average molecular weight is 600 g/mol. The normalized spacial score (nSPS) is 11.8. The molecule has 0 fully saturated rings. The smallest absolute Gasteiger partial charge is 0.164 e. The van der Waals surface area contributed by atoms with Gasteiger partial charge in [-0.05, 0) is 68.4 Å². The van der Waals surface area contributed by atoms with Crippen LogP contribution in [0.3, 0.4) is 0 Å². The van der Waals surface area contributed by atoms with E-state index < -0.39 is 0 Å². The number of aromatic nitrogens is 3. The van der Waals surface area contributed by atoms with Crippen LogP contribution < -0.4 is 0 Å². The van der Waals surface area contributed by atoms with Crippen molar-refractivity contribution < 1.29 is 4.42 Å². The van der Waals surface area contributed by atoms with Crippen LogP contribution in [0, 0.1) is 0 Å². The van der Waals surface area contributed by atoms with Gasteiger partial charge in [-0.25, -0.2) is 15.0 Å². The predicted molar refractivity (Wildman–Crippen MR) is 191 cm³/mol. The first kappa shape index (κ1) is 25.9. The second-order valence-corrected chi connectivity index (χ2v) is 12.0. The topological polar surface area (TPSA) is 51.8 Å². The molecule has 0 spiro atoms. The van der Waals surface area contributed by atoms with Gasteiger partial charge in [-0.3, -0.25) is 0 Å². The number of hydrogen-bond acceptors (Lipinski definition) is 4. The summed E-state index contributed by atoms with van der Waals surface area (Å²) in [7, 11) is 0. The SMILES string of the molecule is c1ccc(-c2nc(-c3cccc(-c4cccc5oc6ccccc6c45)c3)nc(-c3ccc4c5c(cccc35)-c3ccccc3-4)n2)cc1. The van der Waals surface area contributed by atoms with Crippen LogP contribution in [-0.2, 0) is 0 Å². The molecule has 2 heterocycles. The summed E-state index contributed by atoms with van der Waals surface area (Å²) in [5.74, 6) is 1.93. The highest BCUT2D eigenvalue weighted by molar-refractivity contribution is 6.18. The van der Waals surface area contributed by atoms with E-state index in [1.54, 1.807) is 0 Å². The van der Waals surface area contributed by atoms with Crippen molar-refractivity contribution in [3.8, 4) is 67.5 Å². The van der Waals surface area contributed by atoms with E-state index in [2.05, 4.69) is 103 Å². The number of furan rings is 1. The van der Waals surface area contributed by atoms with Crippen LogP contribution in [0.25, 0.3) is 100 Å². The molecule has 10 rings (SSSR count). The van der Waals surface area contributed by atoms with Gasteiger partial charge in [0, 0.05) is 27.5 Å². The summed E-state index contributed by atoms with van der Waals surface area (Å²) in [6.45, 7) is 0. The molecule has 7 aromatic carbocycles. The molecule has 0 aliphatic heterocycles. The van der Waals surface area contributed by atoms with Crippen LogP contribution >= 0.6 is 0 Å². The number of benzene rings is 7. The summed E-state index contributed by atoms with van der Waals surface area (Å²) in [6.07, 6.45) is 0. The lowest BCUT2D eigenvalue weighted by molar-refractivity contribution is 0.669. The third-order valence-electron chi connectivity index (χ3n) is 9.29. The lowest BCUT2D eigenvalue weighted by Gasteiger charge is -2.12.